The number of carbonyl (C=O) groups is 1. The van der Waals surface area contributed by atoms with Crippen LogP contribution in [0.4, 0.5) is 5.69 Å². The minimum absolute atomic E-state index is 0.207. The Balaban J connectivity index is 1.86. The zero-order valence-corrected chi connectivity index (χ0v) is 15.9. The number of hydrogen-bond acceptors (Lipinski definition) is 5. The maximum absolute atomic E-state index is 12.8. The minimum Gasteiger partial charge on any atom is -0.461 e. The number of anilines is 1. The fourth-order valence-electron chi connectivity index (χ4n) is 2.71. The van der Waals surface area contributed by atoms with E-state index in [-0.39, 0.29) is 5.91 Å². The van der Waals surface area contributed by atoms with Crippen LogP contribution in [0, 0.1) is 6.92 Å². The second kappa shape index (κ2) is 8.19. The predicted octanol–water partition coefficient (Wildman–Crippen LogP) is 4.97. The minimum atomic E-state index is -0.207. The number of furan rings is 1. The lowest BCUT2D eigenvalue weighted by molar-refractivity contribution is 0.102. The quantitative estimate of drug-likeness (QED) is 0.492. The molecule has 1 N–H and O–H groups in total. The van der Waals surface area contributed by atoms with Gasteiger partial charge in [-0.2, -0.15) is 0 Å². The Morgan fingerprint density at radius 3 is 2.58 bits per heavy atom. The van der Waals surface area contributed by atoms with E-state index in [0.717, 1.165) is 18.5 Å². The van der Waals surface area contributed by atoms with Gasteiger partial charge >= 0.3 is 0 Å². The number of rotatable bonds is 6. The Labute approximate surface area is 157 Å². The summed E-state index contributed by atoms with van der Waals surface area (Å²) in [6.45, 7) is 3.96. The highest BCUT2D eigenvalue weighted by molar-refractivity contribution is 7.98. The topological polar surface area (TPSA) is 68.0 Å². The van der Waals surface area contributed by atoms with Gasteiger partial charge in [-0.1, -0.05) is 25.5 Å². The van der Waals surface area contributed by atoms with Crippen molar-refractivity contribution in [2.45, 2.75) is 31.7 Å². The van der Waals surface area contributed by atoms with Crippen LogP contribution in [0.5, 0.6) is 0 Å². The SMILES string of the molecule is CCCc1ccc(NC(=O)c2c(C)nc(-c3ccco3)nc2SC)cc1. The molecule has 3 aromatic rings. The summed E-state index contributed by atoms with van der Waals surface area (Å²) in [6.07, 6.45) is 5.60. The Kier molecular flexibility index (Phi) is 5.73. The third kappa shape index (κ3) is 3.96. The molecule has 0 saturated heterocycles. The molecule has 0 saturated carbocycles. The van der Waals surface area contributed by atoms with E-state index in [2.05, 4.69) is 22.2 Å². The van der Waals surface area contributed by atoms with Gasteiger partial charge in [0.05, 0.1) is 17.5 Å². The Morgan fingerprint density at radius 2 is 1.96 bits per heavy atom. The van der Waals surface area contributed by atoms with Gasteiger partial charge in [0.25, 0.3) is 5.91 Å². The van der Waals surface area contributed by atoms with Crippen molar-refractivity contribution in [3.05, 3.63) is 59.5 Å². The van der Waals surface area contributed by atoms with Gasteiger partial charge in [-0.15, -0.1) is 11.8 Å². The van der Waals surface area contributed by atoms with Gasteiger partial charge in [-0.3, -0.25) is 4.79 Å². The summed E-state index contributed by atoms with van der Waals surface area (Å²) >= 11 is 1.42. The zero-order valence-electron chi connectivity index (χ0n) is 15.1. The van der Waals surface area contributed by atoms with Gasteiger partial charge in [0.15, 0.2) is 11.6 Å². The van der Waals surface area contributed by atoms with E-state index in [0.29, 0.717) is 27.9 Å². The lowest BCUT2D eigenvalue weighted by atomic mass is 10.1. The number of carbonyl (C=O) groups excluding carboxylic acids is 1. The van der Waals surface area contributed by atoms with Gasteiger partial charge in [0.1, 0.15) is 5.03 Å². The van der Waals surface area contributed by atoms with Crippen molar-refractivity contribution in [1.29, 1.82) is 0 Å². The van der Waals surface area contributed by atoms with Crippen LogP contribution in [0.1, 0.15) is 35.0 Å². The number of benzene rings is 1. The number of nitrogens with zero attached hydrogens (tertiary/aromatic N) is 2. The summed E-state index contributed by atoms with van der Waals surface area (Å²) in [5.74, 6) is 0.861. The molecule has 0 atom stereocenters. The largest absolute Gasteiger partial charge is 0.461 e. The number of nitrogens with one attached hydrogen (secondary N) is 1. The van der Waals surface area contributed by atoms with E-state index < -0.39 is 0 Å². The summed E-state index contributed by atoms with van der Waals surface area (Å²) < 4.78 is 5.37. The average molecular weight is 367 g/mol. The molecule has 0 radical (unpaired) electrons. The molecule has 0 aliphatic heterocycles. The number of aromatic nitrogens is 2. The molecule has 0 spiro atoms. The second-order valence-corrected chi connectivity index (χ2v) is 6.69. The normalized spacial score (nSPS) is 10.7. The number of thioether (sulfide) groups is 1. The monoisotopic (exact) mass is 367 g/mol. The molecule has 0 aliphatic carbocycles. The third-order valence-electron chi connectivity index (χ3n) is 3.97. The highest BCUT2D eigenvalue weighted by Gasteiger charge is 2.20. The molecule has 0 aliphatic rings. The highest BCUT2D eigenvalue weighted by Crippen LogP contribution is 2.26. The van der Waals surface area contributed by atoms with E-state index in [1.54, 1.807) is 18.4 Å². The lowest BCUT2D eigenvalue weighted by Crippen LogP contribution is -2.17. The van der Waals surface area contributed by atoms with Crippen molar-refractivity contribution in [2.75, 3.05) is 11.6 Å². The number of aryl methyl sites for hydroxylation is 2. The summed E-state index contributed by atoms with van der Waals surface area (Å²) in [5, 5.41) is 3.57. The van der Waals surface area contributed by atoms with Gasteiger partial charge in [-0.05, 0) is 49.4 Å². The molecule has 134 valence electrons. The molecule has 2 aromatic heterocycles. The number of hydrogen-bond donors (Lipinski definition) is 1. The molecule has 5 nitrogen and oxygen atoms in total. The molecule has 1 amide bonds. The third-order valence-corrected chi connectivity index (χ3v) is 4.65. The smallest absolute Gasteiger partial charge is 0.260 e. The molecule has 3 rings (SSSR count). The van der Waals surface area contributed by atoms with Gasteiger partial charge in [-0.25, -0.2) is 9.97 Å². The van der Waals surface area contributed by atoms with Crippen molar-refractivity contribution >= 4 is 23.4 Å². The Hall–Kier alpha value is -2.60. The Morgan fingerprint density at radius 1 is 1.19 bits per heavy atom. The first-order valence-corrected chi connectivity index (χ1v) is 9.71. The van der Waals surface area contributed by atoms with E-state index in [9.17, 15) is 4.79 Å². The fourth-order valence-corrected chi connectivity index (χ4v) is 3.33. The lowest BCUT2D eigenvalue weighted by Gasteiger charge is -2.12. The summed E-state index contributed by atoms with van der Waals surface area (Å²) in [7, 11) is 0. The van der Waals surface area contributed by atoms with Gasteiger partial charge < -0.3 is 9.73 Å². The van der Waals surface area contributed by atoms with Crippen molar-refractivity contribution < 1.29 is 9.21 Å². The van der Waals surface area contributed by atoms with Crippen molar-refractivity contribution in [3.63, 3.8) is 0 Å². The van der Waals surface area contributed by atoms with Crippen LogP contribution in [0.3, 0.4) is 0 Å². The number of amides is 1. The van der Waals surface area contributed by atoms with Crippen LogP contribution in [0.25, 0.3) is 11.6 Å². The van der Waals surface area contributed by atoms with Crippen molar-refractivity contribution in [3.8, 4) is 11.6 Å². The summed E-state index contributed by atoms with van der Waals surface area (Å²) in [5.41, 5.74) is 3.13. The standard InChI is InChI=1S/C20H21N3O2S/c1-4-6-14-8-10-15(11-9-14)22-19(24)17-13(2)21-18(23-20(17)26-3)16-7-5-12-25-16/h5,7-12H,4,6H2,1-3H3,(H,22,24). The average Bonchev–Trinajstić information content (AvgIpc) is 3.17. The Bertz CT molecular complexity index is 890. The molecule has 0 unspecified atom stereocenters. The highest BCUT2D eigenvalue weighted by atomic mass is 32.2. The maximum Gasteiger partial charge on any atom is 0.260 e. The van der Waals surface area contributed by atoms with E-state index in [1.807, 2.05) is 37.4 Å². The summed E-state index contributed by atoms with van der Waals surface area (Å²) in [6, 6.07) is 11.5. The van der Waals surface area contributed by atoms with Crippen LogP contribution in [-0.4, -0.2) is 22.1 Å². The van der Waals surface area contributed by atoms with E-state index >= 15 is 0 Å². The zero-order chi connectivity index (χ0) is 18.5. The van der Waals surface area contributed by atoms with Crippen molar-refractivity contribution in [1.82, 2.24) is 9.97 Å². The van der Waals surface area contributed by atoms with Gasteiger partial charge in [0.2, 0.25) is 0 Å². The van der Waals surface area contributed by atoms with Crippen LogP contribution in [-0.2, 0) is 6.42 Å². The van der Waals surface area contributed by atoms with Crippen LogP contribution in [0.15, 0.2) is 52.1 Å². The molecule has 0 fully saturated rings. The van der Waals surface area contributed by atoms with Crippen LogP contribution < -0.4 is 5.32 Å². The summed E-state index contributed by atoms with van der Waals surface area (Å²) in [4.78, 5) is 21.7. The van der Waals surface area contributed by atoms with Crippen molar-refractivity contribution in [2.24, 2.45) is 0 Å². The first-order valence-electron chi connectivity index (χ1n) is 8.49. The van der Waals surface area contributed by atoms with E-state index in [1.165, 1.54) is 17.3 Å². The van der Waals surface area contributed by atoms with Gasteiger partial charge in [0, 0.05) is 5.69 Å². The molecular formula is C20H21N3O2S. The van der Waals surface area contributed by atoms with Crippen LogP contribution in [0.2, 0.25) is 0 Å². The van der Waals surface area contributed by atoms with E-state index in [4.69, 9.17) is 4.42 Å². The molecule has 0 bridgehead atoms. The second-order valence-electron chi connectivity index (χ2n) is 5.90. The molecular weight excluding hydrogens is 346 g/mol. The predicted molar refractivity (Wildman–Crippen MR) is 105 cm³/mol. The molecule has 2 heterocycles. The fraction of sp³-hybridized carbons (Fsp3) is 0.250. The first kappa shape index (κ1) is 18.2. The molecule has 1 aromatic carbocycles. The molecule has 26 heavy (non-hydrogen) atoms. The first-order chi connectivity index (χ1) is 12.6. The molecule has 6 heteroatoms. The maximum atomic E-state index is 12.8. The van der Waals surface area contributed by atoms with Crippen LogP contribution >= 0.6 is 11.8 Å².